The molecule has 3 saturated carbocycles. The quantitative estimate of drug-likeness (QED) is 0.912. The fraction of sp³-hybridized carbons (Fsp3) is 0.588. The zero-order valence-electron chi connectivity index (χ0n) is 13.4. The number of hydrogen-bond donors (Lipinski definition) is 2. The molecule has 3 aliphatic carbocycles. The van der Waals surface area contributed by atoms with Gasteiger partial charge in [-0.05, 0) is 56.9 Å². The molecule has 5 rings (SSSR count). The number of nitrogens with one attached hydrogen (secondary N) is 1. The van der Waals surface area contributed by atoms with E-state index in [0.717, 1.165) is 56.0 Å². The Morgan fingerprint density at radius 3 is 2.61 bits per heavy atom. The molecule has 1 amide bonds. The van der Waals surface area contributed by atoms with Crippen molar-refractivity contribution in [1.82, 2.24) is 20.1 Å². The van der Waals surface area contributed by atoms with Gasteiger partial charge in [-0.15, -0.1) is 0 Å². The maximum absolute atomic E-state index is 11.0. The van der Waals surface area contributed by atoms with Crippen LogP contribution < -0.4 is 5.32 Å². The molecule has 122 valence electrons. The van der Waals surface area contributed by atoms with Crippen LogP contribution in [-0.4, -0.2) is 31.5 Å². The summed E-state index contributed by atoms with van der Waals surface area (Å²) in [5.74, 6) is 0. The lowest BCUT2D eigenvalue weighted by Crippen LogP contribution is -2.57. The standard InChI is InChI=1S/C17H22N4O2/c1-12-13-10-18-9-2-14(13)20-21(12)11-16-3-6-17(7-4-16,8-5-16)19-15(22)23/h2,9-10,19H,3-8,11H2,1H3,(H,22,23). The highest BCUT2D eigenvalue weighted by Crippen LogP contribution is 2.53. The van der Waals surface area contributed by atoms with Crippen molar-refractivity contribution >= 4 is 17.0 Å². The second-order valence-corrected chi connectivity index (χ2v) is 7.35. The summed E-state index contributed by atoms with van der Waals surface area (Å²) in [4.78, 5) is 15.2. The van der Waals surface area contributed by atoms with Gasteiger partial charge in [0.25, 0.3) is 0 Å². The van der Waals surface area contributed by atoms with Crippen LogP contribution in [0.5, 0.6) is 0 Å². The van der Waals surface area contributed by atoms with Crippen LogP contribution in [-0.2, 0) is 6.54 Å². The molecule has 3 fully saturated rings. The van der Waals surface area contributed by atoms with Crippen LogP contribution in [0.2, 0.25) is 0 Å². The first-order valence-corrected chi connectivity index (χ1v) is 8.29. The van der Waals surface area contributed by atoms with Gasteiger partial charge in [-0.25, -0.2) is 4.79 Å². The highest BCUT2D eigenvalue weighted by atomic mass is 16.4. The zero-order valence-corrected chi connectivity index (χ0v) is 13.4. The van der Waals surface area contributed by atoms with Crippen LogP contribution in [0.1, 0.15) is 44.2 Å². The number of aryl methyl sites for hydroxylation is 1. The number of rotatable bonds is 3. The molecule has 2 N–H and O–H groups in total. The Morgan fingerprint density at radius 1 is 1.30 bits per heavy atom. The molecule has 2 bridgehead atoms. The average Bonchev–Trinajstić information content (AvgIpc) is 2.85. The first kappa shape index (κ1) is 14.5. The smallest absolute Gasteiger partial charge is 0.405 e. The Hall–Kier alpha value is -2.11. The highest BCUT2D eigenvalue weighted by Gasteiger charge is 2.49. The van der Waals surface area contributed by atoms with Crippen molar-refractivity contribution in [3.63, 3.8) is 0 Å². The number of fused-ring (bicyclic) bond motifs is 4. The van der Waals surface area contributed by atoms with Crippen molar-refractivity contribution in [3.05, 3.63) is 24.2 Å². The molecule has 0 saturated heterocycles. The maximum atomic E-state index is 11.0. The van der Waals surface area contributed by atoms with Gasteiger partial charge >= 0.3 is 6.09 Å². The zero-order chi connectivity index (χ0) is 16.1. The monoisotopic (exact) mass is 314 g/mol. The molecular formula is C17H22N4O2. The molecule has 0 radical (unpaired) electrons. The fourth-order valence-corrected chi connectivity index (χ4v) is 4.48. The Kier molecular flexibility index (Phi) is 3.11. The first-order chi connectivity index (χ1) is 11.0. The molecule has 6 nitrogen and oxygen atoms in total. The Morgan fingerprint density at radius 2 is 2.00 bits per heavy atom. The number of carbonyl (C=O) groups is 1. The summed E-state index contributed by atoms with van der Waals surface area (Å²) >= 11 is 0. The van der Waals surface area contributed by atoms with E-state index in [9.17, 15) is 4.79 Å². The summed E-state index contributed by atoms with van der Waals surface area (Å²) < 4.78 is 2.13. The maximum Gasteiger partial charge on any atom is 0.405 e. The van der Waals surface area contributed by atoms with Crippen molar-refractivity contribution in [3.8, 4) is 0 Å². The van der Waals surface area contributed by atoms with Gasteiger partial charge < -0.3 is 10.4 Å². The van der Waals surface area contributed by atoms with Crippen LogP contribution >= 0.6 is 0 Å². The summed E-state index contributed by atoms with van der Waals surface area (Å²) in [6.07, 6.45) is 8.83. The largest absolute Gasteiger partial charge is 0.465 e. The van der Waals surface area contributed by atoms with E-state index >= 15 is 0 Å². The average molecular weight is 314 g/mol. The predicted octanol–water partition coefficient (Wildman–Crippen LogP) is 3.10. The summed E-state index contributed by atoms with van der Waals surface area (Å²) in [7, 11) is 0. The van der Waals surface area contributed by atoms with Gasteiger partial charge in [0.2, 0.25) is 0 Å². The minimum absolute atomic E-state index is 0.179. The SMILES string of the molecule is Cc1c2cnccc2nn1CC12CCC(NC(=O)O)(CC1)CC2. The minimum atomic E-state index is -0.888. The molecule has 2 aromatic rings. The van der Waals surface area contributed by atoms with Gasteiger partial charge in [0.1, 0.15) is 0 Å². The van der Waals surface area contributed by atoms with Crippen molar-refractivity contribution < 1.29 is 9.90 Å². The van der Waals surface area contributed by atoms with E-state index in [0.29, 0.717) is 0 Å². The summed E-state index contributed by atoms with van der Waals surface area (Å²) in [6.45, 7) is 3.03. The molecule has 0 aliphatic heterocycles. The number of amides is 1. The summed E-state index contributed by atoms with van der Waals surface area (Å²) in [5.41, 5.74) is 2.26. The third-order valence-electron chi connectivity index (χ3n) is 6.06. The van der Waals surface area contributed by atoms with Gasteiger partial charge in [-0.1, -0.05) is 0 Å². The Balaban J connectivity index is 1.56. The first-order valence-electron chi connectivity index (χ1n) is 8.29. The van der Waals surface area contributed by atoms with E-state index < -0.39 is 6.09 Å². The Labute approximate surface area is 134 Å². The van der Waals surface area contributed by atoms with E-state index in [2.05, 4.69) is 21.9 Å². The third kappa shape index (κ3) is 2.36. The van der Waals surface area contributed by atoms with E-state index in [1.54, 1.807) is 6.20 Å². The molecule has 0 spiro atoms. The van der Waals surface area contributed by atoms with Gasteiger partial charge in [0.15, 0.2) is 0 Å². The van der Waals surface area contributed by atoms with Gasteiger partial charge in [-0.2, -0.15) is 5.10 Å². The molecule has 0 aromatic carbocycles. The number of pyridine rings is 1. The van der Waals surface area contributed by atoms with Crippen molar-refractivity contribution in [2.45, 2.75) is 57.5 Å². The van der Waals surface area contributed by atoms with E-state index in [1.165, 1.54) is 5.69 Å². The molecule has 0 unspecified atom stereocenters. The van der Waals surface area contributed by atoms with E-state index in [-0.39, 0.29) is 11.0 Å². The molecule has 3 aliphatic rings. The van der Waals surface area contributed by atoms with Crippen molar-refractivity contribution in [2.75, 3.05) is 0 Å². The molecule has 23 heavy (non-hydrogen) atoms. The second kappa shape index (κ2) is 4.94. The molecular weight excluding hydrogens is 292 g/mol. The van der Waals surface area contributed by atoms with Crippen LogP contribution in [0.4, 0.5) is 4.79 Å². The number of carboxylic acid groups (broad SMARTS) is 1. The van der Waals surface area contributed by atoms with Crippen LogP contribution in [0.15, 0.2) is 18.5 Å². The van der Waals surface area contributed by atoms with Crippen LogP contribution in [0, 0.1) is 12.3 Å². The summed E-state index contributed by atoms with van der Waals surface area (Å²) in [5, 5.41) is 17.7. The molecule has 2 heterocycles. The number of nitrogens with zero attached hydrogens (tertiary/aromatic N) is 3. The summed E-state index contributed by atoms with van der Waals surface area (Å²) in [6, 6.07) is 1.96. The highest BCUT2D eigenvalue weighted by molar-refractivity contribution is 5.80. The van der Waals surface area contributed by atoms with E-state index in [1.807, 2.05) is 12.3 Å². The lowest BCUT2D eigenvalue weighted by molar-refractivity contribution is 0.00984. The molecule has 6 heteroatoms. The fourth-order valence-electron chi connectivity index (χ4n) is 4.48. The lowest BCUT2D eigenvalue weighted by Gasteiger charge is -2.53. The second-order valence-electron chi connectivity index (χ2n) is 7.35. The van der Waals surface area contributed by atoms with Crippen molar-refractivity contribution in [1.29, 1.82) is 0 Å². The number of hydrogen-bond acceptors (Lipinski definition) is 3. The van der Waals surface area contributed by atoms with Crippen molar-refractivity contribution in [2.24, 2.45) is 5.41 Å². The number of aromatic nitrogens is 3. The van der Waals surface area contributed by atoms with E-state index in [4.69, 9.17) is 10.2 Å². The van der Waals surface area contributed by atoms with Gasteiger partial charge in [-0.3, -0.25) is 9.67 Å². The topological polar surface area (TPSA) is 80.0 Å². The normalized spacial score (nSPS) is 29.8. The predicted molar refractivity (Wildman–Crippen MR) is 86.3 cm³/mol. The van der Waals surface area contributed by atoms with Gasteiger partial charge in [0.05, 0.1) is 5.52 Å². The van der Waals surface area contributed by atoms with Crippen LogP contribution in [0.3, 0.4) is 0 Å². The van der Waals surface area contributed by atoms with Gasteiger partial charge in [0, 0.05) is 35.6 Å². The molecule has 0 atom stereocenters. The minimum Gasteiger partial charge on any atom is -0.465 e. The Bertz CT molecular complexity index is 743. The lowest BCUT2D eigenvalue weighted by atomic mass is 9.57. The third-order valence-corrected chi connectivity index (χ3v) is 6.06. The van der Waals surface area contributed by atoms with Crippen LogP contribution in [0.25, 0.3) is 10.9 Å². The molecule has 2 aromatic heterocycles.